The molecule has 152 valence electrons. The Kier molecular flexibility index (Phi) is 6.51. The monoisotopic (exact) mass is 422 g/mol. The van der Waals surface area contributed by atoms with Crippen molar-refractivity contribution < 1.29 is 19.7 Å². The first-order chi connectivity index (χ1) is 14.4. The summed E-state index contributed by atoms with van der Waals surface area (Å²) in [4.78, 5) is 11.0. The molecule has 0 aliphatic carbocycles. The second-order valence-corrected chi connectivity index (χ2v) is 6.96. The maximum atomic E-state index is 11.3. The number of aryl methyl sites for hydroxylation is 1. The average Bonchev–Trinajstić information content (AvgIpc) is 2.74. The minimum atomic E-state index is -0.494. The molecule has 0 spiro atoms. The Balaban J connectivity index is 2.15. The lowest BCUT2D eigenvalue weighted by Gasteiger charge is -2.11. The Bertz CT molecular complexity index is 1130. The number of benzene rings is 2. The van der Waals surface area contributed by atoms with E-state index in [1.165, 1.54) is 6.07 Å². The number of nitrogens with zero attached hydrogens (tertiary/aromatic N) is 2. The molecule has 0 aliphatic rings. The van der Waals surface area contributed by atoms with E-state index in [1.807, 2.05) is 30.3 Å². The molecule has 2 aromatic carbocycles. The Morgan fingerprint density at radius 1 is 1.17 bits per heavy atom. The summed E-state index contributed by atoms with van der Waals surface area (Å²) in [6.45, 7) is 1.44. The van der Waals surface area contributed by atoms with Crippen molar-refractivity contribution in [3.8, 4) is 0 Å². The highest BCUT2D eigenvalue weighted by atomic mass is 32.1. The van der Waals surface area contributed by atoms with Crippen molar-refractivity contribution in [2.24, 2.45) is 0 Å². The number of hydrogen-bond acceptors (Lipinski definition) is 5. The van der Waals surface area contributed by atoms with Crippen LogP contribution in [0.4, 0.5) is 11.4 Å². The highest BCUT2D eigenvalue weighted by molar-refractivity contribution is 7.81. The minimum absolute atomic E-state index is 0.102. The molecule has 0 atom stereocenters. The van der Waals surface area contributed by atoms with Crippen LogP contribution in [0.25, 0.3) is 11.5 Å². The van der Waals surface area contributed by atoms with Crippen LogP contribution in [0, 0.1) is 17.0 Å². The van der Waals surface area contributed by atoms with E-state index >= 15 is 0 Å². The van der Waals surface area contributed by atoms with Gasteiger partial charge in [0, 0.05) is 34.5 Å². The SMILES string of the molecule is Cc1ccc(/C(O)=C(/C(=S)Nc2ccccc2)[n+]2cccc(CO)c2)cc1[N+](=O)[O-]. The number of nitro benzene ring substituents is 1. The van der Waals surface area contributed by atoms with Gasteiger partial charge in [-0.3, -0.25) is 10.1 Å². The van der Waals surface area contributed by atoms with Crippen LogP contribution in [0.2, 0.25) is 0 Å². The molecule has 0 saturated heterocycles. The van der Waals surface area contributed by atoms with E-state index in [0.29, 0.717) is 11.1 Å². The fraction of sp³-hybridized carbons (Fsp3) is 0.0909. The van der Waals surface area contributed by atoms with Crippen molar-refractivity contribution in [2.75, 3.05) is 5.32 Å². The van der Waals surface area contributed by atoms with Crippen LogP contribution in [-0.4, -0.2) is 20.1 Å². The lowest BCUT2D eigenvalue weighted by Crippen LogP contribution is -2.39. The molecule has 0 amide bonds. The highest BCUT2D eigenvalue weighted by Gasteiger charge is 2.25. The van der Waals surface area contributed by atoms with E-state index in [0.717, 1.165) is 5.69 Å². The van der Waals surface area contributed by atoms with Gasteiger partial charge in [0.2, 0.25) is 0 Å². The molecule has 0 radical (unpaired) electrons. The quantitative estimate of drug-likeness (QED) is 0.139. The number of para-hydroxylation sites is 1. The van der Waals surface area contributed by atoms with Gasteiger partial charge in [-0.05, 0) is 25.1 Å². The first-order valence-corrected chi connectivity index (χ1v) is 9.48. The number of rotatable bonds is 6. The zero-order chi connectivity index (χ0) is 21.7. The predicted molar refractivity (Wildman–Crippen MR) is 119 cm³/mol. The molecule has 1 aromatic heterocycles. The number of aromatic nitrogens is 1. The number of nitro groups is 1. The van der Waals surface area contributed by atoms with E-state index in [4.69, 9.17) is 12.2 Å². The van der Waals surface area contributed by atoms with Gasteiger partial charge in [-0.15, -0.1) is 0 Å². The summed E-state index contributed by atoms with van der Waals surface area (Å²) < 4.78 is 1.57. The van der Waals surface area contributed by atoms with Gasteiger partial charge in [0.1, 0.15) is 0 Å². The smallest absolute Gasteiger partial charge is 0.288 e. The minimum Gasteiger partial charge on any atom is -0.502 e. The van der Waals surface area contributed by atoms with Gasteiger partial charge < -0.3 is 15.5 Å². The highest BCUT2D eigenvalue weighted by Crippen LogP contribution is 2.25. The molecule has 30 heavy (non-hydrogen) atoms. The summed E-state index contributed by atoms with van der Waals surface area (Å²) in [5.41, 5.74) is 2.19. The predicted octanol–water partition coefficient (Wildman–Crippen LogP) is 4.01. The molecule has 3 aromatic rings. The maximum Gasteiger partial charge on any atom is 0.288 e. The van der Waals surface area contributed by atoms with Crippen molar-refractivity contribution in [3.63, 3.8) is 0 Å². The van der Waals surface area contributed by atoms with Crippen LogP contribution in [-0.2, 0) is 6.61 Å². The van der Waals surface area contributed by atoms with Crippen molar-refractivity contribution in [3.05, 3.63) is 99.9 Å². The maximum absolute atomic E-state index is 11.3. The third-order valence-electron chi connectivity index (χ3n) is 4.45. The number of aliphatic hydroxyl groups excluding tert-OH is 2. The molecule has 8 heteroatoms. The fourth-order valence-corrected chi connectivity index (χ4v) is 3.23. The summed E-state index contributed by atoms with van der Waals surface area (Å²) in [5, 5.41) is 35.0. The Hall–Kier alpha value is -3.62. The average molecular weight is 422 g/mol. The molecular formula is C22H20N3O4S+. The van der Waals surface area contributed by atoms with Gasteiger partial charge in [0.25, 0.3) is 11.4 Å². The number of anilines is 1. The van der Waals surface area contributed by atoms with E-state index in [-0.39, 0.29) is 34.3 Å². The number of hydrogen-bond donors (Lipinski definition) is 3. The third kappa shape index (κ3) is 4.68. The van der Waals surface area contributed by atoms with Crippen LogP contribution in [0.1, 0.15) is 16.7 Å². The number of nitrogens with one attached hydrogen (secondary N) is 1. The Morgan fingerprint density at radius 2 is 1.90 bits per heavy atom. The van der Waals surface area contributed by atoms with E-state index in [2.05, 4.69) is 5.32 Å². The van der Waals surface area contributed by atoms with Crippen molar-refractivity contribution in [1.29, 1.82) is 0 Å². The van der Waals surface area contributed by atoms with Gasteiger partial charge in [0.15, 0.2) is 23.1 Å². The van der Waals surface area contributed by atoms with Crippen molar-refractivity contribution in [1.82, 2.24) is 0 Å². The van der Waals surface area contributed by atoms with Crippen LogP contribution in [0.5, 0.6) is 0 Å². The number of pyridine rings is 1. The van der Waals surface area contributed by atoms with Crippen LogP contribution >= 0.6 is 12.2 Å². The lowest BCUT2D eigenvalue weighted by atomic mass is 10.1. The molecule has 0 saturated carbocycles. The first-order valence-electron chi connectivity index (χ1n) is 9.07. The van der Waals surface area contributed by atoms with E-state index in [1.54, 1.807) is 48.1 Å². The van der Waals surface area contributed by atoms with E-state index < -0.39 is 4.92 Å². The van der Waals surface area contributed by atoms with E-state index in [9.17, 15) is 20.3 Å². The molecule has 3 rings (SSSR count). The normalized spacial score (nSPS) is 11.5. The van der Waals surface area contributed by atoms with Gasteiger partial charge in [-0.1, -0.05) is 42.5 Å². The first kappa shape index (κ1) is 21.1. The standard InChI is InChI=1S/C22H19N3O4S/c1-15-9-10-17(12-19(15)25(28)29)21(27)20(24-11-5-6-16(13-24)14-26)22(30)23-18-7-3-2-4-8-18/h2-13,26H,14H2,1H3,(H-,23,27,30)/p+1. The van der Waals surface area contributed by atoms with Crippen LogP contribution in [0.3, 0.4) is 0 Å². The molecule has 0 bridgehead atoms. The number of aliphatic hydroxyl groups is 2. The zero-order valence-electron chi connectivity index (χ0n) is 16.1. The zero-order valence-corrected chi connectivity index (χ0v) is 17.0. The van der Waals surface area contributed by atoms with Crippen LogP contribution < -0.4 is 9.88 Å². The Morgan fingerprint density at radius 3 is 2.57 bits per heavy atom. The van der Waals surface area contributed by atoms with Crippen molar-refractivity contribution in [2.45, 2.75) is 13.5 Å². The topological polar surface area (TPSA) is 99.5 Å². The second-order valence-electron chi connectivity index (χ2n) is 6.55. The summed E-state index contributed by atoms with van der Waals surface area (Å²) in [6.07, 6.45) is 3.30. The molecular weight excluding hydrogens is 402 g/mol. The van der Waals surface area contributed by atoms with Gasteiger partial charge in [-0.2, -0.15) is 4.57 Å². The molecule has 3 N–H and O–H groups in total. The summed E-state index contributed by atoms with van der Waals surface area (Å²) in [6, 6.07) is 17.1. The summed E-state index contributed by atoms with van der Waals surface area (Å²) >= 11 is 5.56. The molecule has 1 heterocycles. The molecule has 0 fully saturated rings. The molecule has 0 unspecified atom stereocenters. The van der Waals surface area contributed by atoms with Gasteiger partial charge >= 0.3 is 0 Å². The summed E-state index contributed by atoms with van der Waals surface area (Å²) in [7, 11) is 0. The second kappa shape index (κ2) is 9.25. The van der Waals surface area contributed by atoms with Crippen molar-refractivity contribution >= 4 is 40.0 Å². The van der Waals surface area contributed by atoms with Gasteiger partial charge in [0.05, 0.1) is 11.5 Å². The lowest BCUT2D eigenvalue weighted by molar-refractivity contribution is -0.576. The summed E-state index contributed by atoms with van der Waals surface area (Å²) in [5.74, 6) is -0.230. The van der Waals surface area contributed by atoms with Crippen LogP contribution in [0.15, 0.2) is 73.1 Å². The number of thiocarbonyl (C=S) groups is 1. The molecule has 7 nitrogen and oxygen atoms in total. The largest absolute Gasteiger partial charge is 0.502 e. The third-order valence-corrected chi connectivity index (χ3v) is 4.75. The molecule has 0 aliphatic heterocycles. The fourth-order valence-electron chi connectivity index (χ4n) is 2.91. The Labute approximate surface area is 178 Å². The van der Waals surface area contributed by atoms with Gasteiger partial charge in [-0.25, -0.2) is 0 Å².